The van der Waals surface area contributed by atoms with Crippen LogP contribution in [0.2, 0.25) is 0 Å². The number of fused-ring (bicyclic) bond motifs is 1. The summed E-state index contributed by atoms with van der Waals surface area (Å²) in [5.74, 6) is 0.888. The lowest BCUT2D eigenvalue weighted by Gasteiger charge is -2.34. The molecule has 9 heteroatoms. The number of aromatic nitrogens is 3. The van der Waals surface area contributed by atoms with Crippen molar-refractivity contribution in [3.63, 3.8) is 0 Å². The Morgan fingerprint density at radius 3 is 2.52 bits per heavy atom. The number of hydrogen-bond acceptors (Lipinski definition) is 7. The molecule has 0 bridgehead atoms. The van der Waals surface area contributed by atoms with Crippen molar-refractivity contribution in [2.24, 2.45) is 5.92 Å². The van der Waals surface area contributed by atoms with E-state index in [9.17, 15) is 9.59 Å². The zero-order chi connectivity index (χ0) is 22.9. The topological polar surface area (TPSA) is 115 Å². The van der Waals surface area contributed by atoms with Crippen LogP contribution in [-0.2, 0) is 9.53 Å². The van der Waals surface area contributed by atoms with Gasteiger partial charge in [-0.3, -0.25) is 14.2 Å². The molecular weight excluding hydrogens is 420 g/mol. The number of nitrogens with one attached hydrogen (secondary N) is 1. The molecule has 0 atom stereocenters. The Kier molecular flexibility index (Phi) is 6.23. The number of amides is 1. The molecule has 0 radical (unpaired) electrons. The van der Waals surface area contributed by atoms with Crippen molar-refractivity contribution in [2.45, 2.75) is 70.4 Å². The van der Waals surface area contributed by atoms with Gasteiger partial charge in [0.25, 0.3) is 5.56 Å². The molecule has 3 N–H and O–H groups in total. The molecule has 5 rings (SSSR count). The molecule has 3 heterocycles. The number of morpholine rings is 1. The van der Waals surface area contributed by atoms with E-state index in [2.05, 4.69) is 10.3 Å². The van der Waals surface area contributed by atoms with Crippen molar-refractivity contribution >= 4 is 28.6 Å². The van der Waals surface area contributed by atoms with Crippen LogP contribution in [0, 0.1) is 12.8 Å². The van der Waals surface area contributed by atoms with Gasteiger partial charge in [-0.05, 0) is 45.4 Å². The summed E-state index contributed by atoms with van der Waals surface area (Å²) in [5.41, 5.74) is 7.90. The number of pyridine rings is 1. The fraction of sp³-hybridized carbons (Fsp3) is 0.667. The zero-order valence-corrected chi connectivity index (χ0v) is 19.4. The number of hydrogen-bond donors (Lipinski definition) is 2. The molecule has 0 unspecified atom stereocenters. The number of carbonyl (C=O) groups is 1. The first kappa shape index (κ1) is 22.1. The van der Waals surface area contributed by atoms with E-state index in [1.54, 1.807) is 13.1 Å². The van der Waals surface area contributed by atoms with Crippen LogP contribution < -0.4 is 16.6 Å². The number of rotatable bonds is 4. The second-order valence-electron chi connectivity index (χ2n) is 9.71. The van der Waals surface area contributed by atoms with E-state index < -0.39 is 0 Å². The summed E-state index contributed by atoms with van der Waals surface area (Å²) in [6.45, 7) is 4.46. The van der Waals surface area contributed by atoms with Crippen molar-refractivity contribution in [1.29, 1.82) is 0 Å². The van der Waals surface area contributed by atoms with E-state index in [-0.39, 0.29) is 29.5 Å². The van der Waals surface area contributed by atoms with Gasteiger partial charge in [-0.1, -0.05) is 12.8 Å². The van der Waals surface area contributed by atoms with Crippen molar-refractivity contribution in [2.75, 3.05) is 37.4 Å². The predicted molar refractivity (Wildman–Crippen MR) is 127 cm³/mol. The van der Waals surface area contributed by atoms with Crippen molar-refractivity contribution in [3.05, 3.63) is 22.1 Å². The highest BCUT2D eigenvalue weighted by atomic mass is 16.5. The summed E-state index contributed by atoms with van der Waals surface area (Å²) in [6, 6.07) is 0.384. The minimum absolute atomic E-state index is 0.0429. The summed E-state index contributed by atoms with van der Waals surface area (Å²) in [4.78, 5) is 37.1. The molecule has 178 valence electrons. The largest absolute Gasteiger partial charge is 0.398 e. The number of nitrogens with zero attached hydrogens (tertiary/aromatic N) is 4. The quantitative estimate of drug-likeness (QED) is 0.730. The van der Waals surface area contributed by atoms with Gasteiger partial charge < -0.3 is 20.7 Å². The van der Waals surface area contributed by atoms with Gasteiger partial charge >= 0.3 is 0 Å². The minimum Gasteiger partial charge on any atom is -0.398 e. The summed E-state index contributed by atoms with van der Waals surface area (Å²) in [7, 11) is 0. The standard InChI is InChI=1S/C24H34N6O3/c1-15-20(25)19-14-26-24(28-21(19)30(22(15)31)18-4-2-3-5-18)27-17-8-6-16(7-9-17)23(32)29-10-12-33-13-11-29/h14,16-18H,2-13,25H2,1H3,(H,26,27,28)/t16-,17-. The van der Waals surface area contributed by atoms with Crippen LogP contribution in [0.5, 0.6) is 0 Å². The lowest BCUT2D eigenvalue weighted by molar-refractivity contribution is -0.140. The van der Waals surface area contributed by atoms with Crippen LogP contribution in [0.25, 0.3) is 11.0 Å². The highest BCUT2D eigenvalue weighted by Gasteiger charge is 2.31. The van der Waals surface area contributed by atoms with Gasteiger partial charge in [-0.25, -0.2) is 4.98 Å². The van der Waals surface area contributed by atoms with E-state index in [0.29, 0.717) is 49.1 Å². The molecule has 9 nitrogen and oxygen atoms in total. The molecule has 0 spiro atoms. The molecule has 1 amide bonds. The Hall–Kier alpha value is -2.68. The number of anilines is 2. The first-order chi connectivity index (χ1) is 16.0. The van der Waals surface area contributed by atoms with Crippen LogP contribution >= 0.6 is 0 Å². The van der Waals surface area contributed by atoms with Crippen LogP contribution in [0.1, 0.15) is 63.0 Å². The van der Waals surface area contributed by atoms with Gasteiger partial charge in [0.2, 0.25) is 11.9 Å². The Morgan fingerprint density at radius 1 is 1.12 bits per heavy atom. The van der Waals surface area contributed by atoms with Crippen LogP contribution in [0.3, 0.4) is 0 Å². The summed E-state index contributed by atoms with van der Waals surface area (Å²) in [6.07, 6.45) is 9.50. The fourth-order valence-corrected chi connectivity index (χ4v) is 5.62. The first-order valence-corrected chi connectivity index (χ1v) is 12.3. The normalized spacial score (nSPS) is 24.3. The molecule has 2 aromatic rings. The monoisotopic (exact) mass is 454 g/mol. The summed E-state index contributed by atoms with van der Waals surface area (Å²) < 4.78 is 7.21. The van der Waals surface area contributed by atoms with Crippen LogP contribution in [-0.4, -0.2) is 57.7 Å². The first-order valence-electron chi connectivity index (χ1n) is 12.3. The van der Waals surface area contributed by atoms with Gasteiger partial charge in [0.15, 0.2) is 5.65 Å². The molecule has 2 saturated carbocycles. The third kappa shape index (κ3) is 4.30. The highest BCUT2D eigenvalue weighted by Crippen LogP contribution is 2.33. The Morgan fingerprint density at radius 2 is 1.82 bits per heavy atom. The lowest BCUT2D eigenvalue weighted by atomic mass is 9.85. The second-order valence-corrected chi connectivity index (χ2v) is 9.71. The fourth-order valence-electron chi connectivity index (χ4n) is 5.62. The van der Waals surface area contributed by atoms with E-state index in [1.165, 1.54) is 0 Å². The van der Waals surface area contributed by atoms with Gasteiger partial charge in [0.05, 0.1) is 24.3 Å². The average molecular weight is 455 g/mol. The molecule has 3 fully saturated rings. The Bertz CT molecular complexity index is 1080. The third-order valence-corrected chi connectivity index (χ3v) is 7.65. The SMILES string of the molecule is Cc1c(N)c2cnc(N[C@H]3CC[C@H](C(=O)N4CCOCC4)CC3)nc2n(C2CCCC2)c1=O. The molecule has 2 aromatic heterocycles. The summed E-state index contributed by atoms with van der Waals surface area (Å²) in [5, 5.41) is 4.20. The molecule has 3 aliphatic rings. The average Bonchev–Trinajstić information content (AvgIpc) is 3.38. The summed E-state index contributed by atoms with van der Waals surface area (Å²) >= 11 is 0. The van der Waals surface area contributed by atoms with E-state index in [1.807, 2.05) is 9.47 Å². The maximum absolute atomic E-state index is 13.1. The Balaban J connectivity index is 1.32. The number of nitrogens with two attached hydrogens (primary N) is 1. The maximum atomic E-state index is 13.1. The maximum Gasteiger partial charge on any atom is 0.257 e. The molecule has 2 aliphatic carbocycles. The minimum atomic E-state index is -0.0429. The molecule has 1 saturated heterocycles. The van der Waals surface area contributed by atoms with Gasteiger partial charge in [-0.2, -0.15) is 4.98 Å². The van der Waals surface area contributed by atoms with Gasteiger partial charge in [-0.15, -0.1) is 0 Å². The van der Waals surface area contributed by atoms with E-state index in [0.717, 1.165) is 56.8 Å². The van der Waals surface area contributed by atoms with Crippen LogP contribution in [0.15, 0.2) is 11.0 Å². The van der Waals surface area contributed by atoms with Crippen molar-refractivity contribution in [1.82, 2.24) is 19.4 Å². The highest BCUT2D eigenvalue weighted by molar-refractivity contribution is 5.89. The van der Waals surface area contributed by atoms with Crippen LogP contribution in [0.4, 0.5) is 11.6 Å². The smallest absolute Gasteiger partial charge is 0.257 e. The number of ether oxygens (including phenoxy) is 1. The number of nitrogen functional groups attached to an aromatic ring is 1. The zero-order valence-electron chi connectivity index (χ0n) is 19.4. The predicted octanol–water partition coefficient (Wildman–Crippen LogP) is 2.63. The van der Waals surface area contributed by atoms with Crippen molar-refractivity contribution < 1.29 is 9.53 Å². The molecule has 1 aliphatic heterocycles. The Labute approximate surface area is 193 Å². The molecular formula is C24H34N6O3. The second kappa shape index (κ2) is 9.29. The lowest BCUT2D eigenvalue weighted by Crippen LogP contribution is -2.45. The molecule has 0 aromatic carbocycles. The molecule has 33 heavy (non-hydrogen) atoms. The van der Waals surface area contributed by atoms with E-state index in [4.69, 9.17) is 15.5 Å². The van der Waals surface area contributed by atoms with Crippen molar-refractivity contribution in [3.8, 4) is 0 Å². The third-order valence-electron chi connectivity index (χ3n) is 7.65. The number of carbonyl (C=O) groups excluding carboxylic acids is 1. The van der Waals surface area contributed by atoms with E-state index >= 15 is 0 Å². The van der Waals surface area contributed by atoms with Gasteiger partial charge in [0, 0.05) is 42.9 Å². The van der Waals surface area contributed by atoms with Gasteiger partial charge in [0.1, 0.15) is 0 Å².